The van der Waals surface area contributed by atoms with Crippen LogP contribution in [0.15, 0.2) is 18.2 Å². The van der Waals surface area contributed by atoms with Gasteiger partial charge in [-0.25, -0.2) is 0 Å². The first-order chi connectivity index (χ1) is 8.06. The number of hydrogen-bond acceptors (Lipinski definition) is 3. The van der Waals surface area contributed by atoms with Crippen LogP contribution in [0.3, 0.4) is 0 Å². The summed E-state index contributed by atoms with van der Waals surface area (Å²) in [5, 5.41) is 15.9. The Morgan fingerprint density at radius 3 is 2.94 bits per heavy atom. The van der Waals surface area contributed by atoms with E-state index in [0.29, 0.717) is 18.7 Å². The minimum atomic E-state index is 0.0348. The van der Waals surface area contributed by atoms with Crippen molar-refractivity contribution in [3.63, 3.8) is 0 Å². The molecule has 1 aromatic carbocycles. The Kier molecular flexibility index (Phi) is 3.33. The van der Waals surface area contributed by atoms with Crippen LogP contribution in [-0.4, -0.2) is 23.6 Å². The molecule has 0 bridgehead atoms. The highest BCUT2D eigenvalue weighted by Gasteiger charge is 2.23. The van der Waals surface area contributed by atoms with E-state index < -0.39 is 0 Å². The number of hydrogen-bond donors (Lipinski definition) is 3. The van der Waals surface area contributed by atoms with Crippen molar-refractivity contribution in [2.45, 2.75) is 32.4 Å². The molecule has 1 heterocycles. The first-order valence-corrected chi connectivity index (χ1v) is 5.88. The minimum Gasteiger partial charge on any atom is -0.508 e. The zero-order valence-corrected chi connectivity index (χ0v) is 10.2. The van der Waals surface area contributed by atoms with Crippen LogP contribution in [0.25, 0.3) is 0 Å². The van der Waals surface area contributed by atoms with Crippen molar-refractivity contribution in [2.24, 2.45) is 0 Å². The van der Waals surface area contributed by atoms with Gasteiger partial charge in [0.1, 0.15) is 5.75 Å². The maximum absolute atomic E-state index is 11.1. The Hall–Kier alpha value is -1.55. The summed E-state index contributed by atoms with van der Waals surface area (Å²) in [7, 11) is 0. The van der Waals surface area contributed by atoms with Gasteiger partial charge in [-0.05, 0) is 19.9 Å². The van der Waals surface area contributed by atoms with E-state index in [4.69, 9.17) is 0 Å². The van der Waals surface area contributed by atoms with E-state index in [1.165, 1.54) is 0 Å². The number of carbonyl (C=O) groups excluding carboxylic acids is 1. The third-order valence-corrected chi connectivity index (χ3v) is 3.11. The summed E-state index contributed by atoms with van der Waals surface area (Å²) in [6, 6.07) is 5.75. The summed E-state index contributed by atoms with van der Waals surface area (Å²) in [6.45, 7) is 4.66. The Morgan fingerprint density at radius 2 is 2.29 bits per heavy atom. The van der Waals surface area contributed by atoms with E-state index in [0.717, 1.165) is 11.1 Å². The predicted molar refractivity (Wildman–Crippen MR) is 65.8 cm³/mol. The lowest BCUT2D eigenvalue weighted by Gasteiger charge is -2.19. The molecule has 1 fully saturated rings. The zero-order valence-electron chi connectivity index (χ0n) is 10.2. The average molecular weight is 234 g/mol. The number of phenols is 1. The van der Waals surface area contributed by atoms with Gasteiger partial charge in [0.05, 0.1) is 0 Å². The molecule has 0 aromatic heterocycles. The van der Waals surface area contributed by atoms with Crippen LogP contribution in [0.1, 0.15) is 30.5 Å². The van der Waals surface area contributed by atoms with E-state index in [2.05, 4.69) is 10.6 Å². The third kappa shape index (κ3) is 2.77. The molecule has 1 amide bonds. The van der Waals surface area contributed by atoms with Crippen molar-refractivity contribution < 1.29 is 9.90 Å². The van der Waals surface area contributed by atoms with Gasteiger partial charge in [-0.15, -0.1) is 0 Å². The maximum atomic E-state index is 11.1. The molecule has 2 unspecified atom stereocenters. The van der Waals surface area contributed by atoms with Crippen LogP contribution in [0, 0.1) is 6.92 Å². The summed E-state index contributed by atoms with van der Waals surface area (Å²) in [6.07, 6.45) is 0.511. The predicted octanol–water partition coefficient (Wildman–Crippen LogP) is 1.24. The third-order valence-electron chi connectivity index (χ3n) is 3.11. The van der Waals surface area contributed by atoms with Gasteiger partial charge < -0.3 is 15.7 Å². The molecule has 0 saturated carbocycles. The average Bonchev–Trinajstić information content (AvgIpc) is 2.67. The van der Waals surface area contributed by atoms with E-state index in [1.807, 2.05) is 26.0 Å². The summed E-state index contributed by atoms with van der Waals surface area (Å²) >= 11 is 0. The van der Waals surface area contributed by atoms with Gasteiger partial charge in [-0.2, -0.15) is 0 Å². The molecule has 1 saturated heterocycles. The van der Waals surface area contributed by atoms with Crippen LogP contribution in [0.5, 0.6) is 5.75 Å². The van der Waals surface area contributed by atoms with Crippen LogP contribution in [0.2, 0.25) is 0 Å². The topological polar surface area (TPSA) is 61.4 Å². The first kappa shape index (κ1) is 11.9. The summed E-state index contributed by atoms with van der Waals surface area (Å²) in [5.41, 5.74) is 2.00. The number of aryl methyl sites for hydroxylation is 1. The molecule has 1 aromatic rings. The van der Waals surface area contributed by atoms with E-state index in [9.17, 15) is 9.90 Å². The number of aromatic hydroxyl groups is 1. The van der Waals surface area contributed by atoms with Gasteiger partial charge in [-0.1, -0.05) is 17.7 Å². The van der Waals surface area contributed by atoms with E-state index in [-0.39, 0.29) is 18.0 Å². The van der Waals surface area contributed by atoms with Crippen LogP contribution < -0.4 is 10.6 Å². The monoisotopic (exact) mass is 234 g/mol. The fourth-order valence-electron chi connectivity index (χ4n) is 2.19. The molecule has 3 N–H and O–H groups in total. The highest BCUT2D eigenvalue weighted by Crippen LogP contribution is 2.25. The molecular weight excluding hydrogens is 216 g/mol. The van der Waals surface area contributed by atoms with Crippen LogP contribution >= 0.6 is 0 Å². The zero-order chi connectivity index (χ0) is 12.4. The fourth-order valence-corrected chi connectivity index (χ4v) is 2.19. The van der Waals surface area contributed by atoms with Gasteiger partial charge in [-0.3, -0.25) is 4.79 Å². The molecule has 1 aliphatic heterocycles. The second-order valence-electron chi connectivity index (χ2n) is 4.66. The number of benzene rings is 1. The summed E-state index contributed by atoms with van der Waals surface area (Å²) in [5.74, 6) is 0.385. The molecule has 2 rings (SSSR count). The second-order valence-corrected chi connectivity index (χ2v) is 4.66. The molecule has 92 valence electrons. The van der Waals surface area contributed by atoms with Gasteiger partial charge >= 0.3 is 0 Å². The van der Waals surface area contributed by atoms with E-state index >= 15 is 0 Å². The highest BCUT2D eigenvalue weighted by atomic mass is 16.3. The van der Waals surface area contributed by atoms with Crippen molar-refractivity contribution in [3.8, 4) is 5.75 Å². The Labute approximate surface area is 101 Å². The molecule has 17 heavy (non-hydrogen) atoms. The quantitative estimate of drug-likeness (QED) is 0.737. The molecule has 1 aliphatic rings. The SMILES string of the molecule is Cc1ccc(O)c(C(C)NC2CNC(=O)C2)c1. The molecular formula is C13H18N2O2. The molecule has 0 spiro atoms. The molecule has 4 heteroatoms. The highest BCUT2D eigenvalue weighted by molar-refractivity contribution is 5.78. The largest absolute Gasteiger partial charge is 0.508 e. The molecule has 2 atom stereocenters. The molecule has 0 aliphatic carbocycles. The summed E-state index contributed by atoms with van der Waals surface area (Å²) < 4.78 is 0. The lowest BCUT2D eigenvalue weighted by atomic mass is 10.0. The van der Waals surface area contributed by atoms with E-state index in [1.54, 1.807) is 6.07 Å². The number of carbonyl (C=O) groups is 1. The Balaban J connectivity index is 2.06. The first-order valence-electron chi connectivity index (χ1n) is 5.88. The summed E-state index contributed by atoms with van der Waals surface area (Å²) in [4.78, 5) is 11.1. The van der Waals surface area contributed by atoms with Crippen molar-refractivity contribution in [1.29, 1.82) is 0 Å². The van der Waals surface area contributed by atoms with Crippen molar-refractivity contribution in [3.05, 3.63) is 29.3 Å². The van der Waals surface area contributed by atoms with Gasteiger partial charge in [0.15, 0.2) is 0 Å². The maximum Gasteiger partial charge on any atom is 0.221 e. The van der Waals surface area contributed by atoms with Crippen molar-refractivity contribution in [1.82, 2.24) is 10.6 Å². The number of nitrogens with one attached hydrogen (secondary N) is 2. The smallest absolute Gasteiger partial charge is 0.221 e. The normalized spacial score (nSPS) is 21.3. The molecule has 0 radical (unpaired) electrons. The standard InChI is InChI=1S/C13H18N2O2/c1-8-3-4-12(16)11(5-8)9(2)15-10-6-13(17)14-7-10/h3-5,9-10,15-16H,6-7H2,1-2H3,(H,14,17). The molecule has 4 nitrogen and oxygen atoms in total. The number of amides is 1. The van der Waals surface area contributed by atoms with Crippen molar-refractivity contribution >= 4 is 5.91 Å². The second kappa shape index (κ2) is 4.75. The Bertz CT molecular complexity index is 431. The van der Waals surface area contributed by atoms with Gasteiger partial charge in [0.25, 0.3) is 0 Å². The number of rotatable bonds is 3. The van der Waals surface area contributed by atoms with Gasteiger partial charge in [0, 0.05) is 30.6 Å². The lowest BCUT2D eigenvalue weighted by Crippen LogP contribution is -2.33. The lowest BCUT2D eigenvalue weighted by molar-refractivity contribution is -0.119. The Morgan fingerprint density at radius 1 is 1.53 bits per heavy atom. The minimum absolute atomic E-state index is 0.0348. The van der Waals surface area contributed by atoms with Crippen molar-refractivity contribution in [2.75, 3.05) is 6.54 Å². The van der Waals surface area contributed by atoms with Crippen LogP contribution in [0.4, 0.5) is 0 Å². The number of phenolic OH excluding ortho intramolecular Hbond substituents is 1. The fraction of sp³-hybridized carbons (Fsp3) is 0.462. The van der Waals surface area contributed by atoms with Gasteiger partial charge in [0.2, 0.25) is 5.91 Å². The van der Waals surface area contributed by atoms with Crippen LogP contribution in [-0.2, 0) is 4.79 Å².